The molecule has 3 N–H and O–H groups in total. The van der Waals surface area contributed by atoms with Crippen molar-refractivity contribution in [2.45, 2.75) is 25.8 Å². The highest BCUT2D eigenvalue weighted by Gasteiger charge is 2.43. The second kappa shape index (κ2) is 6.05. The average Bonchev–Trinajstić information content (AvgIpc) is 2.29. The van der Waals surface area contributed by atoms with Crippen LogP contribution in [0.2, 0.25) is 0 Å². The molecule has 0 unspecified atom stereocenters. The van der Waals surface area contributed by atoms with E-state index in [1.165, 1.54) is 16.7 Å². The van der Waals surface area contributed by atoms with Gasteiger partial charge in [0.2, 0.25) is 17.7 Å². The number of nitrogens with one attached hydrogen (secondary N) is 1. The van der Waals surface area contributed by atoms with Gasteiger partial charge in [-0.1, -0.05) is 0 Å². The van der Waals surface area contributed by atoms with Crippen LogP contribution >= 0.6 is 11.8 Å². The molecule has 0 aliphatic carbocycles. The zero-order valence-corrected chi connectivity index (χ0v) is 11.7. The largest absolute Gasteiger partial charge is 0.369 e. The molecular formula is C11H17N3O4S. The second-order valence-electron chi connectivity index (χ2n) is 4.69. The van der Waals surface area contributed by atoms with Gasteiger partial charge < -0.3 is 10.6 Å². The van der Waals surface area contributed by atoms with Crippen molar-refractivity contribution < 1.29 is 19.2 Å². The van der Waals surface area contributed by atoms with Gasteiger partial charge in [0.1, 0.15) is 12.1 Å². The van der Waals surface area contributed by atoms with Crippen LogP contribution in [0.4, 0.5) is 0 Å². The maximum Gasteiger partial charge on any atom is 0.252 e. The van der Waals surface area contributed by atoms with Gasteiger partial charge >= 0.3 is 0 Å². The first-order valence-corrected chi connectivity index (χ1v) is 6.91. The van der Waals surface area contributed by atoms with E-state index >= 15 is 0 Å². The molecule has 0 aromatic heterocycles. The van der Waals surface area contributed by atoms with Gasteiger partial charge in [-0.3, -0.25) is 24.5 Å². The van der Waals surface area contributed by atoms with Gasteiger partial charge in [0.15, 0.2) is 0 Å². The third-order valence-corrected chi connectivity index (χ3v) is 3.77. The Kier molecular flexibility index (Phi) is 4.93. The minimum Gasteiger partial charge on any atom is -0.369 e. The maximum absolute atomic E-state index is 12.0. The summed E-state index contributed by atoms with van der Waals surface area (Å²) in [7, 11) is 0. The van der Waals surface area contributed by atoms with Crippen LogP contribution in [0.3, 0.4) is 0 Å². The lowest BCUT2D eigenvalue weighted by Gasteiger charge is -2.40. The molecule has 8 heteroatoms. The van der Waals surface area contributed by atoms with Gasteiger partial charge in [0.25, 0.3) is 5.91 Å². The fraction of sp³-hybridized carbons (Fsp3) is 0.636. The number of carbonyl (C=O) groups is 4. The van der Waals surface area contributed by atoms with Crippen molar-refractivity contribution in [1.29, 1.82) is 0 Å². The van der Waals surface area contributed by atoms with E-state index in [2.05, 4.69) is 5.32 Å². The lowest BCUT2D eigenvalue weighted by molar-refractivity contribution is -0.155. The molecule has 1 fully saturated rings. The number of piperazine rings is 1. The van der Waals surface area contributed by atoms with Gasteiger partial charge in [0, 0.05) is 12.2 Å². The Hall–Kier alpha value is -1.57. The van der Waals surface area contributed by atoms with Gasteiger partial charge in [0.05, 0.1) is 5.75 Å². The van der Waals surface area contributed by atoms with Crippen molar-refractivity contribution >= 4 is 35.4 Å². The van der Waals surface area contributed by atoms with Crippen molar-refractivity contribution in [1.82, 2.24) is 10.2 Å². The van der Waals surface area contributed by atoms with Crippen LogP contribution in [0.5, 0.6) is 0 Å². The number of amides is 4. The lowest BCUT2D eigenvalue weighted by Crippen LogP contribution is -2.65. The summed E-state index contributed by atoms with van der Waals surface area (Å²) in [6.07, 6.45) is 0.155. The first-order valence-electron chi connectivity index (χ1n) is 5.76. The summed E-state index contributed by atoms with van der Waals surface area (Å²) in [5.41, 5.74) is 3.94. The summed E-state index contributed by atoms with van der Waals surface area (Å²) in [5, 5.41) is 2.20. The highest BCUT2D eigenvalue weighted by Crippen LogP contribution is 2.19. The predicted octanol–water partition coefficient (Wildman–Crippen LogP) is -1.14. The van der Waals surface area contributed by atoms with E-state index in [1.807, 2.05) is 0 Å². The summed E-state index contributed by atoms with van der Waals surface area (Å²) < 4.78 is 0. The van der Waals surface area contributed by atoms with E-state index in [9.17, 15) is 19.2 Å². The van der Waals surface area contributed by atoms with Crippen LogP contribution in [0.15, 0.2) is 0 Å². The third kappa shape index (κ3) is 3.95. The highest BCUT2D eigenvalue weighted by atomic mass is 32.2. The van der Waals surface area contributed by atoms with Crippen LogP contribution in [0.25, 0.3) is 0 Å². The fourth-order valence-corrected chi connectivity index (χ4v) is 2.31. The molecule has 1 aliphatic rings. The molecule has 0 radical (unpaired) electrons. The number of hydrogen-bond acceptors (Lipinski definition) is 5. The Bertz CT molecular complexity index is 422. The van der Waals surface area contributed by atoms with Crippen LogP contribution in [0, 0.1) is 0 Å². The first kappa shape index (κ1) is 15.5. The molecule has 0 spiro atoms. The van der Waals surface area contributed by atoms with Gasteiger partial charge in [-0.2, -0.15) is 11.8 Å². The normalized spacial score (nSPS) is 18.1. The zero-order valence-electron chi connectivity index (χ0n) is 10.9. The average molecular weight is 287 g/mol. The Morgan fingerprint density at radius 1 is 1.42 bits per heavy atom. The van der Waals surface area contributed by atoms with E-state index in [4.69, 9.17) is 5.73 Å². The Balaban J connectivity index is 2.56. The highest BCUT2D eigenvalue weighted by molar-refractivity contribution is 7.99. The summed E-state index contributed by atoms with van der Waals surface area (Å²) in [6.45, 7) is 3.05. The molecular weight excluding hydrogens is 270 g/mol. The second-order valence-corrected chi connectivity index (χ2v) is 5.79. The minimum absolute atomic E-state index is 0.127. The zero-order chi connectivity index (χ0) is 14.6. The van der Waals surface area contributed by atoms with Crippen LogP contribution < -0.4 is 11.1 Å². The van der Waals surface area contributed by atoms with E-state index in [0.29, 0.717) is 5.75 Å². The number of carbonyl (C=O) groups excluding carboxylic acids is 4. The van der Waals surface area contributed by atoms with Crippen LogP contribution in [-0.2, 0) is 19.2 Å². The topological polar surface area (TPSA) is 110 Å². The molecule has 1 saturated heterocycles. The van der Waals surface area contributed by atoms with Gasteiger partial charge in [-0.25, -0.2) is 0 Å². The molecule has 0 atom stereocenters. The molecule has 0 aromatic rings. The van der Waals surface area contributed by atoms with Crippen molar-refractivity contribution in [3.63, 3.8) is 0 Å². The molecule has 19 heavy (non-hydrogen) atoms. The van der Waals surface area contributed by atoms with Crippen molar-refractivity contribution in [2.75, 3.05) is 18.1 Å². The number of imide groups is 1. The molecule has 0 aromatic carbocycles. The van der Waals surface area contributed by atoms with E-state index in [0.717, 1.165) is 0 Å². The summed E-state index contributed by atoms with van der Waals surface area (Å²) in [4.78, 5) is 46.8. The molecule has 1 aliphatic heterocycles. The van der Waals surface area contributed by atoms with E-state index < -0.39 is 23.3 Å². The number of primary amides is 1. The SMILES string of the molecule is CC1(C)C(=O)NC(=O)CN1C(=O)CCSCC(N)=O. The molecule has 1 rings (SSSR count). The van der Waals surface area contributed by atoms with Crippen molar-refractivity contribution in [3.05, 3.63) is 0 Å². The van der Waals surface area contributed by atoms with E-state index in [1.54, 1.807) is 13.8 Å². The summed E-state index contributed by atoms with van der Waals surface area (Å²) >= 11 is 1.25. The number of hydrogen-bond donors (Lipinski definition) is 2. The van der Waals surface area contributed by atoms with Crippen molar-refractivity contribution in [2.24, 2.45) is 5.73 Å². The van der Waals surface area contributed by atoms with Gasteiger partial charge in [-0.15, -0.1) is 0 Å². The number of nitrogens with zero attached hydrogens (tertiary/aromatic N) is 1. The van der Waals surface area contributed by atoms with E-state index in [-0.39, 0.29) is 24.6 Å². The Morgan fingerprint density at radius 2 is 2.05 bits per heavy atom. The Labute approximate surface area is 115 Å². The van der Waals surface area contributed by atoms with Crippen LogP contribution in [0.1, 0.15) is 20.3 Å². The minimum atomic E-state index is -1.04. The lowest BCUT2D eigenvalue weighted by atomic mass is 9.98. The number of rotatable bonds is 5. The van der Waals surface area contributed by atoms with Crippen molar-refractivity contribution in [3.8, 4) is 0 Å². The smallest absolute Gasteiger partial charge is 0.252 e. The predicted molar refractivity (Wildman–Crippen MR) is 70.1 cm³/mol. The molecule has 106 valence electrons. The number of nitrogens with two attached hydrogens (primary N) is 1. The first-order chi connectivity index (χ1) is 8.75. The molecule has 0 bridgehead atoms. The molecule has 4 amide bonds. The maximum atomic E-state index is 12.0. The summed E-state index contributed by atoms with van der Waals surface area (Å²) in [5.74, 6) is -1.12. The quantitative estimate of drug-likeness (QED) is 0.490. The van der Waals surface area contributed by atoms with Crippen LogP contribution in [-0.4, -0.2) is 52.1 Å². The fourth-order valence-electron chi connectivity index (χ4n) is 1.65. The monoisotopic (exact) mass is 287 g/mol. The number of thioether (sulfide) groups is 1. The molecule has 0 saturated carbocycles. The molecule has 7 nitrogen and oxygen atoms in total. The Morgan fingerprint density at radius 3 is 2.63 bits per heavy atom. The summed E-state index contributed by atoms with van der Waals surface area (Å²) in [6, 6.07) is 0. The molecule has 1 heterocycles. The third-order valence-electron chi connectivity index (χ3n) is 2.79. The standard InChI is InChI=1S/C11H17N3O4S/c1-11(2)10(18)13-8(16)5-14(11)9(17)3-4-19-6-7(12)15/h3-6H2,1-2H3,(H2,12,15)(H,13,16,18). The van der Waals surface area contributed by atoms with Gasteiger partial charge in [-0.05, 0) is 13.8 Å².